The molecule has 0 bridgehead atoms. The van der Waals surface area contributed by atoms with E-state index in [1.165, 1.54) is 29.4 Å². The van der Waals surface area contributed by atoms with Gasteiger partial charge in [-0.1, -0.05) is 36.4 Å². The van der Waals surface area contributed by atoms with Crippen LogP contribution in [0.3, 0.4) is 0 Å². The number of aromatic nitrogens is 1. The Labute approximate surface area is 142 Å². The molecule has 2 N–H and O–H groups in total. The summed E-state index contributed by atoms with van der Waals surface area (Å²) in [6, 6.07) is 14.4. The second-order valence-electron chi connectivity index (χ2n) is 6.49. The lowest BCUT2D eigenvalue weighted by atomic mass is 9.79. The average Bonchev–Trinajstić information content (AvgIpc) is 2.98. The molecule has 0 aliphatic heterocycles. The van der Waals surface area contributed by atoms with Crippen LogP contribution in [-0.4, -0.2) is 19.7 Å². The largest absolute Gasteiger partial charge is 0.359 e. The molecule has 0 radical (unpaired) electrons. The maximum absolute atomic E-state index is 11.6. The quantitative estimate of drug-likeness (QED) is 0.757. The molecule has 4 rings (SSSR count). The van der Waals surface area contributed by atoms with E-state index in [4.69, 9.17) is 0 Å². The van der Waals surface area contributed by atoms with Crippen molar-refractivity contribution < 1.29 is 8.42 Å². The minimum Gasteiger partial charge on any atom is -0.359 e. The Balaban J connectivity index is 1.84. The molecule has 0 fully saturated rings. The van der Waals surface area contributed by atoms with Gasteiger partial charge in [0, 0.05) is 17.5 Å². The fourth-order valence-corrected chi connectivity index (χ4v) is 4.40. The van der Waals surface area contributed by atoms with Crippen molar-refractivity contribution in [2.75, 3.05) is 11.0 Å². The molecule has 124 valence electrons. The van der Waals surface area contributed by atoms with Gasteiger partial charge in [-0.3, -0.25) is 4.72 Å². The molecule has 0 saturated heterocycles. The predicted octanol–water partition coefficient (Wildman–Crippen LogP) is 4.01. The minimum absolute atomic E-state index is 0.359. The van der Waals surface area contributed by atoms with Gasteiger partial charge in [0.2, 0.25) is 10.0 Å². The van der Waals surface area contributed by atoms with Crippen LogP contribution in [-0.2, 0) is 16.4 Å². The smallest absolute Gasteiger partial charge is 0.229 e. The first-order valence-corrected chi connectivity index (χ1v) is 10.1. The number of hydrogen-bond donors (Lipinski definition) is 2. The molecule has 0 saturated carbocycles. The second kappa shape index (κ2) is 5.67. The highest BCUT2D eigenvalue weighted by Crippen LogP contribution is 2.40. The van der Waals surface area contributed by atoms with Crippen LogP contribution in [0.25, 0.3) is 10.9 Å². The minimum atomic E-state index is -3.30. The van der Waals surface area contributed by atoms with Gasteiger partial charge >= 0.3 is 0 Å². The normalized spacial score (nSPS) is 17.6. The number of aromatic amines is 1. The van der Waals surface area contributed by atoms with Gasteiger partial charge in [0.05, 0.1) is 17.5 Å². The van der Waals surface area contributed by atoms with E-state index in [0.717, 1.165) is 23.7 Å². The van der Waals surface area contributed by atoms with Crippen LogP contribution in [0.2, 0.25) is 0 Å². The standard InChI is InChI=1S/C19H20N2O2S/c1-24(22,23)21-18-11-5-10-16-17(12-20-19(16)18)15-9-4-7-13-6-2-3-8-14(13)15/h2-3,5-6,8,10-12,15,20-21H,4,7,9H2,1H3. The summed E-state index contributed by atoms with van der Waals surface area (Å²) in [6.45, 7) is 0. The van der Waals surface area contributed by atoms with Crippen LogP contribution >= 0.6 is 0 Å². The maximum atomic E-state index is 11.6. The summed E-state index contributed by atoms with van der Waals surface area (Å²) in [4.78, 5) is 3.28. The van der Waals surface area contributed by atoms with Crippen molar-refractivity contribution in [2.24, 2.45) is 0 Å². The van der Waals surface area contributed by atoms with Gasteiger partial charge in [-0.05, 0) is 42.0 Å². The van der Waals surface area contributed by atoms with E-state index in [1.54, 1.807) is 6.07 Å². The van der Waals surface area contributed by atoms with Crippen molar-refractivity contribution in [2.45, 2.75) is 25.2 Å². The van der Waals surface area contributed by atoms with Gasteiger partial charge in [0.25, 0.3) is 0 Å². The van der Waals surface area contributed by atoms with E-state index in [0.29, 0.717) is 11.6 Å². The summed E-state index contributed by atoms with van der Waals surface area (Å²) in [5.41, 5.74) is 5.51. The molecule has 0 amide bonds. The Morgan fingerprint density at radius 1 is 1.08 bits per heavy atom. The van der Waals surface area contributed by atoms with Crippen molar-refractivity contribution in [3.8, 4) is 0 Å². The van der Waals surface area contributed by atoms with Gasteiger partial charge < -0.3 is 4.98 Å². The van der Waals surface area contributed by atoms with E-state index in [9.17, 15) is 8.42 Å². The van der Waals surface area contributed by atoms with Crippen LogP contribution in [0, 0.1) is 0 Å². The number of hydrogen-bond acceptors (Lipinski definition) is 2. The zero-order valence-electron chi connectivity index (χ0n) is 13.5. The van der Waals surface area contributed by atoms with E-state index in [2.05, 4.69) is 40.0 Å². The van der Waals surface area contributed by atoms with Crippen LogP contribution < -0.4 is 4.72 Å². The van der Waals surface area contributed by atoms with Crippen molar-refractivity contribution >= 4 is 26.6 Å². The zero-order chi connectivity index (χ0) is 16.7. The van der Waals surface area contributed by atoms with Gasteiger partial charge in [-0.25, -0.2) is 8.42 Å². The van der Waals surface area contributed by atoms with E-state index < -0.39 is 10.0 Å². The number of anilines is 1. The first-order valence-electron chi connectivity index (χ1n) is 8.18. The average molecular weight is 340 g/mol. The number of rotatable bonds is 3. The Morgan fingerprint density at radius 2 is 1.92 bits per heavy atom. The highest BCUT2D eigenvalue weighted by molar-refractivity contribution is 7.92. The lowest BCUT2D eigenvalue weighted by molar-refractivity contribution is 0.607. The number of sulfonamides is 1. The summed E-state index contributed by atoms with van der Waals surface area (Å²) >= 11 is 0. The first-order chi connectivity index (χ1) is 11.5. The number of fused-ring (bicyclic) bond motifs is 2. The van der Waals surface area contributed by atoms with Crippen molar-refractivity contribution in [3.05, 3.63) is 65.4 Å². The molecule has 1 aliphatic rings. The molecule has 4 nitrogen and oxygen atoms in total. The zero-order valence-corrected chi connectivity index (χ0v) is 14.4. The van der Waals surface area contributed by atoms with Crippen LogP contribution in [0.4, 0.5) is 5.69 Å². The molecule has 1 atom stereocenters. The number of H-pyrrole nitrogens is 1. The fourth-order valence-electron chi connectivity index (χ4n) is 3.83. The van der Waals surface area contributed by atoms with Gasteiger partial charge in [0.15, 0.2) is 0 Å². The Hall–Kier alpha value is -2.27. The number of benzene rings is 2. The molecular formula is C19H20N2O2S. The Kier molecular flexibility index (Phi) is 3.61. The van der Waals surface area contributed by atoms with Crippen LogP contribution in [0.1, 0.15) is 35.4 Å². The second-order valence-corrected chi connectivity index (χ2v) is 8.24. The van der Waals surface area contributed by atoms with Crippen molar-refractivity contribution in [3.63, 3.8) is 0 Å². The fraction of sp³-hybridized carbons (Fsp3) is 0.263. The lowest BCUT2D eigenvalue weighted by Crippen LogP contribution is -2.11. The molecule has 2 aromatic carbocycles. The third-order valence-corrected chi connectivity index (χ3v) is 5.38. The number of aryl methyl sites for hydroxylation is 1. The topological polar surface area (TPSA) is 62.0 Å². The van der Waals surface area contributed by atoms with Gasteiger partial charge in [-0.15, -0.1) is 0 Å². The number of nitrogens with one attached hydrogen (secondary N) is 2. The molecule has 5 heteroatoms. The van der Waals surface area contributed by atoms with Crippen molar-refractivity contribution in [1.29, 1.82) is 0 Å². The summed E-state index contributed by atoms with van der Waals surface area (Å²) in [5, 5.41) is 1.09. The van der Waals surface area contributed by atoms with Crippen LogP contribution in [0.15, 0.2) is 48.7 Å². The molecule has 1 aromatic heterocycles. The highest BCUT2D eigenvalue weighted by Gasteiger charge is 2.24. The molecule has 1 aliphatic carbocycles. The monoisotopic (exact) mass is 340 g/mol. The van der Waals surface area contributed by atoms with Gasteiger partial charge in [0.1, 0.15) is 0 Å². The molecule has 1 unspecified atom stereocenters. The predicted molar refractivity (Wildman–Crippen MR) is 98.0 cm³/mol. The summed E-state index contributed by atoms with van der Waals surface area (Å²) in [7, 11) is -3.30. The molecule has 1 heterocycles. The molecule has 0 spiro atoms. The van der Waals surface area contributed by atoms with Crippen molar-refractivity contribution in [1.82, 2.24) is 4.98 Å². The third kappa shape index (κ3) is 2.69. The Bertz CT molecular complexity index is 1010. The van der Waals surface area contributed by atoms with Gasteiger partial charge in [-0.2, -0.15) is 0 Å². The lowest BCUT2D eigenvalue weighted by Gasteiger charge is -2.25. The van der Waals surface area contributed by atoms with E-state index in [-0.39, 0.29) is 0 Å². The summed E-state index contributed by atoms with van der Waals surface area (Å²) < 4.78 is 25.8. The summed E-state index contributed by atoms with van der Waals surface area (Å²) in [5.74, 6) is 0.359. The Morgan fingerprint density at radius 3 is 2.75 bits per heavy atom. The van der Waals surface area contributed by atoms with Crippen LogP contribution in [0.5, 0.6) is 0 Å². The van der Waals surface area contributed by atoms with E-state index >= 15 is 0 Å². The first kappa shape index (κ1) is 15.3. The molecular weight excluding hydrogens is 320 g/mol. The highest BCUT2D eigenvalue weighted by atomic mass is 32.2. The maximum Gasteiger partial charge on any atom is 0.229 e. The SMILES string of the molecule is CS(=O)(=O)Nc1cccc2c(C3CCCc4ccccc43)c[nH]c12. The summed E-state index contributed by atoms with van der Waals surface area (Å²) in [6.07, 6.45) is 6.64. The number of para-hydroxylation sites is 1. The molecule has 24 heavy (non-hydrogen) atoms. The molecule has 3 aromatic rings. The third-order valence-electron chi connectivity index (χ3n) is 4.79. The van der Waals surface area contributed by atoms with E-state index in [1.807, 2.05) is 12.3 Å².